The van der Waals surface area contributed by atoms with Gasteiger partial charge in [-0.3, -0.25) is 4.79 Å². The summed E-state index contributed by atoms with van der Waals surface area (Å²) in [6, 6.07) is 11.5. The second-order valence-corrected chi connectivity index (χ2v) is 5.86. The zero-order chi connectivity index (χ0) is 16.5. The largest absolute Gasteiger partial charge is 0.352 e. The van der Waals surface area contributed by atoms with Gasteiger partial charge in [0.15, 0.2) is 11.5 Å². The molecule has 1 aliphatic rings. The Labute approximate surface area is 138 Å². The van der Waals surface area contributed by atoms with E-state index in [0.29, 0.717) is 18.7 Å². The van der Waals surface area contributed by atoms with Crippen LogP contribution in [0.25, 0.3) is 5.65 Å². The lowest BCUT2D eigenvalue weighted by Gasteiger charge is -2.35. The van der Waals surface area contributed by atoms with Crippen LogP contribution in [-0.4, -0.2) is 62.2 Å². The molecule has 0 radical (unpaired) electrons. The number of carbonyl (C=O) groups is 1. The number of rotatable bonds is 2. The highest BCUT2D eigenvalue weighted by Crippen LogP contribution is 2.15. The monoisotopic (exact) mass is 323 g/mol. The van der Waals surface area contributed by atoms with Crippen LogP contribution in [0, 0.1) is 6.92 Å². The summed E-state index contributed by atoms with van der Waals surface area (Å²) in [5.74, 6) is 0.899. The van der Waals surface area contributed by atoms with Crippen molar-refractivity contribution in [2.24, 2.45) is 0 Å². The summed E-state index contributed by atoms with van der Waals surface area (Å²) >= 11 is 0. The molecule has 0 atom stereocenters. The van der Waals surface area contributed by atoms with E-state index in [4.69, 9.17) is 0 Å². The molecule has 8 heteroatoms. The first-order chi connectivity index (χ1) is 11.7. The summed E-state index contributed by atoms with van der Waals surface area (Å²) < 4.78 is 1.42. The van der Waals surface area contributed by atoms with Crippen LogP contribution < -0.4 is 4.90 Å². The zero-order valence-corrected chi connectivity index (χ0v) is 13.3. The van der Waals surface area contributed by atoms with Gasteiger partial charge in [0.05, 0.1) is 0 Å². The minimum atomic E-state index is 0.0820. The number of aromatic nitrogens is 5. The molecule has 3 heterocycles. The highest BCUT2D eigenvalue weighted by Gasteiger charge is 2.23. The fraction of sp³-hybridized carbons (Fsp3) is 0.312. The van der Waals surface area contributed by atoms with Gasteiger partial charge in [0.1, 0.15) is 0 Å². The van der Waals surface area contributed by atoms with Crippen molar-refractivity contribution < 1.29 is 4.79 Å². The van der Waals surface area contributed by atoms with E-state index >= 15 is 0 Å². The second-order valence-electron chi connectivity index (χ2n) is 5.86. The summed E-state index contributed by atoms with van der Waals surface area (Å²) in [6.07, 6.45) is 0. The maximum atomic E-state index is 12.6. The lowest BCUT2D eigenvalue weighted by Crippen LogP contribution is -2.49. The number of benzene rings is 1. The van der Waals surface area contributed by atoms with Crippen molar-refractivity contribution in [3.8, 4) is 0 Å². The number of hydrogen-bond donors (Lipinski definition) is 0. The number of fused-ring (bicyclic) bond motifs is 1. The van der Waals surface area contributed by atoms with Gasteiger partial charge in [0, 0.05) is 31.7 Å². The average molecular weight is 323 g/mol. The molecule has 24 heavy (non-hydrogen) atoms. The molecule has 122 valence electrons. The van der Waals surface area contributed by atoms with Crippen LogP contribution in [-0.2, 0) is 0 Å². The van der Waals surface area contributed by atoms with Crippen molar-refractivity contribution in [2.75, 3.05) is 31.1 Å². The van der Waals surface area contributed by atoms with E-state index in [1.54, 1.807) is 0 Å². The van der Waals surface area contributed by atoms with Crippen molar-refractivity contribution in [3.05, 3.63) is 47.5 Å². The maximum absolute atomic E-state index is 12.6. The van der Waals surface area contributed by atoms with Crippen LogP contribution in [0.5, 0.6) is 0 Å². The van der Waals surface area contributed by atoms with E-state index in [1.807, 2.05) is 48.2 Å². The second kappa shape index (κ2) is 5.88. The SMILES string of the molecule is Cc1ccc(C(=O)N2CCN(c3ccc4nnnn4n3)CC2)cc1. The summed E-state index contributed by atoms with van der Waals surface area (Å²) in [5.41, 5.74) is 2.51. The third kappa shape index (κ3) is 2.66. The standard InChI is InChI=1S/C16H17N7O/c1-12-2-4-13(5-3-12)16(24)22-10-8-21(9-11-22)15-7-6-14-17-19-20-23(14)18-15/h2-7H,8-11H2,1H3. The molecule has 1 aromatic carbocycles. The first-order valence-corrected chi connectivity index (χ1v) is 7.87. The van der Waals surface area contributed by atoms with E-state index in [2.05, 4.69) is 25.5 Å². The third-order valence-corrected chi connectivity index (χ3v) is 4.24. The fourth-order valence-electron chi connectivity index (χ4n) is 2.83. The minimum Gasteiger partial charge on any atom is -0.352 e. The minimum absolute atomic E-state index is 0.0820. The predicted octanol–water partition coefficient (Wildman–Crippen LogP) is 0.790. The first-order valence-electron chi connectivity index (χ1n) is 7.87. The molecule has 0 spiro atoms. The van der Waals surface area contributed by atoms with Gasteiger partial charge in [-0.1, -0.05) is 17.7 Å². The zero-order valence-electron chi connectivity index (χ0n) is 13.3. The van der Waals surface area contributed by atoms with E-state index in [1.165, 1.54) is 4.63 Å². The van der Waals surface area contributed by atoms with Gasteiger partial charge in [-0.2, -0.15) is 0 Å². The molecule has 1 aliphatic heterocycles. The van der Waals surface area contributed by atoms with Crippen molar-refractivity contribution in [3.63, 3.8) is 0 Å². The van der Waals surface area contributed by atoms with Gasteiger partial charge in [0.25, 0.3) is 5.91 Å². The molecule has 8 nitrogen and oxygen atoms in total. The summed E-state index contributed by atoms with van der Waals surface area (Å²) in [4.78, 5) is 16.6. The van der Waals surface area contributed by atoms with Gasteiger partial charge in [-0.25, -0.2) is 0 Å². The smallest absolute Gasteiger partial charge is 0.253 e. The molecule has 1 fully saturated rings. The van der Waals surface area contributed by atoms with Gasteiger partial charge >= 0.3 is 0 Å². The van der Waals surface area contributed by atoms with Crippen LogP contribution >= 0.6 is 0 Å². The lowest BCUT2D eigenvalue weighted by atomic mass is 10.1. The Morgan fingerprint density at radius 1 is 1.00 bits per heavy atom. The molecule has 0 unspecified atom stereocenters. The van der Waals surface area contributed by atoms with Crippen LogP contribution in [0.4, 0.5) is 5.82 Å². The highest BCUT2D eigenvalue weighted by atomic mass is 16.2. The van der Waals surface area contributed by atoms with Crippen molar-refractivity contribution in [2.45, 2.75) is 6.92 Å². The highest BCUT2D eigenvalue weighted by molar-refractivity contribution is 5.94. The Hall–Kier alpha value is -3.03. The number of tetrazole rings is 1. The van der Waals surface area contributed by atoms with Gasteiger partial charge < -0.3 is 9.80 Å². The quantitative estimate of drug-likeness (QED) is 0.694. The molecule has 3 aromatic rings. The number of amides is 1. The Bertz CT molecular complexity index is 866. The van der Waals surface area contributed by atoms with Crippen molar-refractivity contribution >= 4 is 17.4 Å². The fourth-order valence-corrected chi connectivity index (χ4v) is 2.83. The normalized spacial score (nSPS) is 15.0. The van der Waals surface area contributed by atoms with E-state index in [-0.39, 0.29) is 5.91 Å². The molecular weight excluding hydrogens is 306 g/mol. The Balaban J connectivity index is 1.44. The molecule has 0 saturated carbocycles. The number of anilines is 1. The van der Waals surface area contributed by atoms with Gasteiger partial charge in [-0.05, 0) is 41.6 Å². The number of hydrogen-bond acceptors (Lipinski definition) is 6. The molecule has 0 aliphatic carbocycles. The van der Waals surface area contributed by atoms with E-state index < -0.39 is 0 Å². The Kier molecular flexibility index (Phi) is 3.56. The number of carbonyl (C=O) groups excluding carboxylic acids is 1. The van der Waals surface area contributed by atoms with E-state index in [9.17, 15) is 4.79 Å². The number of aryl methyl sites for hydroxylation is 1. The van der Waals surface area contributed by atoms with Crippen LogP contribution in [0.1, 0.15) is 15.9 Å². The van der Waals surface area contributed by atoms with Crippen molar-refractivity contribution in [1.82, 2.24) is 30.2 Å². The van der Waals surface area contributed by atoms with Gasteiger partial charge in [0.2, 0.25) is 0 Å². The molecule has 1 saturated heterocycles. The Morgan fingerprint density at radius 2 is 1.75 bits per heavy atom. The number of nitrogens with zero attached hydrogens (tertiary/aromatic N) is 7. The van der Waals surface area contributed by atoms with Gasteiger partial charge in [-0.15, -0.1) is 14.8 Å². The molecule has 4 rings (SSSR count). The lowest BCUT2D eigenvalue weighted by molar-refractivity contribution is 0.0746. The Morgan fingerprint density at radius 3 is 2.50 bits per heavy atom. The van der Waals surface area contributed by atoms with E-state index in [0.717, 1.165) is 30.0 Å². The van der Waals surface area contributed by atoms with Crippen LogP contribution in [0.15, 0.2) is 36.4 Å². The average Bonchev–Trinajstić information content (AvgIpc) is 3.09. The third-order valence-electron chi connectivity index (χ3n) is 4.24. The maximum Gasteiger partial charge on any atom is 0.253 e. The van der Waals surface area contributed by atoms with Crippen molar-refractivity contribution in [1.29, 1.82) is 0 Å². The molecule has 0 bridgehead atoms. The molecular formula is C16H17N7O. The molecule has 0 N–H and O–H groups in total. The number of piperazine rings is 1. The summed E-state index contributed by atoms with van der Waals surface area (Å²) in [5, 5.41) is 15.7. The molecule has 2 aromatic heterocycles. The first kappa shape index (κ1) is 14.6. The summed E-state index contributed by atoms with van der Waals surface area (Å²) in [7, 11) is 0. The molecule has 1 amide bonds. The van der Waals surface area contributed by atoms with Crippen LogP contribution in [0.3, 0.4) is 0 Å². The van der Waals surface area contributed by atoms with Crippen LogP contribution in [0.2, 0.25) is 0 Å². The summed E-state index contributed by atoms with van der Waals surface area (Å²) in [6.45, 7) is 4.82. The topological polar surface area (TPSA) is 79.5 Å². The predicted molar refractivity (Wildman–Crippen MR) is 87.9 cm³/mol.